The van der Waals surface area contributed by atoms with Gasteiger partial charge in [-0.3, -0.25) is 9.47 Å². The number of aromatic nitrogens is 5. The Morgan fingerprint density at radius 1 is 1.16 bits per heavy atom. The van der Waals surface area contributed by atoms with Gasteiger partial charge >= 0.3 is 0 Å². The summed E-state index contributed by atoms with van der Waals surface area (Å²) >= 11 is 6.27. The second kappa shape index (κ2) is 6.71. The summed E-state index contributed by atoms with van der Waals surface area (Å²) in [5.74, 6) is 2.67. The van der Waals surface area contributed by atoms with Crippen LogP contribution in [0.25, 0.3) is 5.69 Å². The summed E-state index contributed by atoms with van der Waals surface area (Å²) in [5, 5.41) is 9.90. The molecule has 9 heteroatoms. The Balaban J connectivity index is 1.23. The molecule has 6 rings (SSSR count). The normalized spacial score (nSPS) is 20.1. The molecule has 0 radical (unpaired) electrons. The van der Waals surface area contributed by atoms with E-state index in [0.717, 1.165) is 61.4 Å². The minimum Gasteiger partial charge on any atom is -0.340 e. The molecule has 160 valence electrons. The highest BCUT2D eigenvalue weighted by Crippen LogP contribution is 2.56. The van der Waals surface area contributed by atoms with E-state index in [4.69, 9.17) is 11.6 Å². The molecule has 3 aromatic rings. The first-order chi connectivity index (χ1) is 14.9. The number of fused-ring (bicyclic) bond motifs is 3. The van der Waals surface area contributed by atoms with Gasteiger partial charge in [-0.1, -0.05) is 11.6 Å². The minimum absolute atomic E-state index is 0.271. The van der Waals surface area contributed by atoms with Crippen molar-refractivity contribution in [3.8, 4) is 5.69 Å². The van der Waals surface area contributed by atoms with E-state index in [0.29, 0.717) is 17.6 Å². The van der Waals surface area contributed by atoms with Gasteiger partial charge in [0.05, 0.1) is 24.1 Å². The van der Waals surface area contributed by atoms with E-state index in [1.54, 1.807) is 6.92 Å². The second-order valence-electron chi connectivity index (χ2n) is 9.32. The van der Waals surface area contributed by atoms with Crippen molar-refractivity contribution < 1.29 is 4.39 Å². The van der Waals surface area contributed by atoms with Crippen LogP contribution in [0.4, 0.5) is 10.3 Å². The van der Waals surface area contributed by atoms with Crippen molar-refractivity contribution in [2.45, 2.75) is 38.8 Å². The van der Waals surface area contributed by atoms with Gasteiger partial charge in [-0.2, -0.15) is 0 Å². The lowest BCUT2D eigenvalue weighted by Crippen LogP contribution is -2.62. The molecule has 1 saturated heterocycles. The zero-order chi connectivity index (χ0) is 21.3. The molecule has 0 bridgehead atoms. The van der Waals surface area contributed by atoms with Crippen LogP contribution in [-0.4, -0.2) is 49.8 Å². The van der Waals surface area contributed by atoms with Gasteiger partial charge in [0.2, 0.25) is 5.95 Å². The summed E-state index contributed by atoms with van der Waals surface area (Å²) in [6.07, 6.45) is 3.40. The van der Waals surface area contributed by atoms with E-state index in [2.05, 4.69) is 47.6 Å². The zero-order valence-corrected chi connectivity index (χ0v) is 18.3. The van der Waals surface area contributed by atoms with Crippen molar-refractivity contribution in [2.24, 2.45) is 5.41 Å². The molecule has 0 unspecified atom stereocenters. The van der Waals surface area contributed by atoms with Crippen molar-refractivity contribution in [3.05, 3.63) is 58.1 Å². The molecule has 2 aliphatic heterocycles. The predicted molar refractivity (Wildman–Crippen MR) is 115 cm³/mol. The number of hydrogen-bond acceptors (Lipinski definition) is 6. The predicted octanol–water partition coefficient (Wildman–Crippen LogP) is 3.49. The molecule has 31 heavy (non-hydrogen) atoms. The highest BCUT2D eigenvalue weighted by atomic mass is 35.5. The average Bonchev–Trinajstić information content (AvgIpc) is 2.99. The number of benzene rings is 1. The molecule has 1 saturated carbocycles. The Hall–Kier alpha value is -2.58. The maximum absolute atomic E-state index is 13.5. The average molecular weight is 440 g/mol. The molecule has 1 aromatic carbocycles. The lowest BCUT2D eigenvalue weighted by Gasteiger charge is -2.58. The Morgan fingerprint density at radius 2 is 1.97 bits per heavy atom. The van der Waals surface area contributed by atoms with Crippen LogP contribution < -0.4 is 4.90 Å². The first kappa shape index (κ1) is 19.1. The Kier molecular flexibility index (Phi) is 4.14. The van der Waals surface area contributed by atoms with Gasteiger partial charge < -0.3 is 4.90 Å². The van der Waals surface area contributed by atoms with Crippen molar-refractivity contribution in [1.82, 2.24) is 29.6 Å². The monoisotopic (exact) mass is 439 g/mol. The van der Waals surface area contributed by atoms with Gasteiger partial charge in [-0.25, -0.2) is 14.4 Å². The Labute approximate surface area is 184 Å². The van der Waals surface area contributed by atoms with Gasteiger partial charge in [0.1, 0.15) is 5.82 Å². The van der Waals surface area contributed by atoms with E-state index in [1.807, 2.05) is 12.1 Å². The zero-order valence-electron chi connectivity index (χ0n) is 17.5. The third-order valence-corrected chi connectivity index (χ3v) is 7.09. The lowest BCUT2D eigenvalue weighted by molar-refractivity contribution is 0.0574. The second-order valence-corrected chi connectivity index (χ2v) is 9.76. The van der Waals surface area contributed by atoms with E-state index < -0.39 is 0 Å². The van der Waals surface area contributed by atoms with Crippen LogP contribution in [0, 0.1) is 18.2 Å². The molecule has 3 aliphatic rings. The van der Waals surface area contributed by atoms with Crippen LogP contribution in [0.1, 0.15) is 41.7 Å². The fraction of sp³-hybridized carbons (Fsp3) is 0.455. The molecule has 1 spiro atoms. The smallest absolute Gasteiger partial charge is 0.225 e. The van der Waals surface area contributed by atoms with Crippen LogP contribution in [0.15, 0.2) is 24.4 Å². The molecule has 0 atom stereocenters. The Bertz CT molecular complexity index is 1180. The Morgan fingerprint density at radius 3 is 2.74 bits per heavy atom. The summed E-state index contributed by atoms with van der Waals surface area (Å²) in [5.41, 5.74) is 3.00. The number of halogens is 2. The first-order valence-corrected chi connectivity index (χ1v) is 10.9. The summed E-state index contributed by atoms with van der Waals surface area (Å²) in [6, 6.07) is 6.07. The molecule has 2 fully saturated rings. The fourth-order valence-electron chi connectivity index (χ4n) is 5.37. The highest BCUT2D eigenvalue weighted by molar-refractivity contribution is 6.30. The van der Waals surface area contributed by atoms with Gasteiger partial charge in [-0.05, 0) is 50.6 Å². The van der Waals surface area contributed by atoms with E-state index in [1.165, 1.54) is 11.8 Å². The maximum atomic E-state index is 13.5. The first-order valence-electron chi connectivity index (χ1n) is 10.6. The van der Waals surface area contributed by atoms with Crippen LogP contribution in [0.5, 0.6) is 0 Å². The quantitative estimate of drug-likeness (QED) is 0.609. The number of aryl methyl sites for hydroxylation is 1. The summed E-state index contributed by atoms with van der Waals surface area (Å²) < 4.78 is 15.7. The van der Waals surface area contributed by atoms with Crippen molar-refractivity contribution in [3.63, 3.8) is 0 Å². The van der Waals surface area contributed by atoms with Gasteiger partial charge in [-0.15, -0.1) is 10.2 Å². The number of anilines is 1. The molecule has 0 N–H and O–H groups in total. The summed E-state index contributed by atoms with van der Waals surface area (Å²) in [7, 11) is 2.09. The van der Waals surface area contributed by atoms with Gasteiger partial charge in [0.25, 0.3) is 0 Å². The van der Waals surface area contributed by atoms with E-state index in [-0.39, 0.29) is 11.2 Å². The summed E-state index contributed by atoms with van der Waals surface area (Å²) in [6.45, 7) is 5.08. The van der Waals surface area contributed by atoms with Crippen molar-refractivity contribution in [2.75, 3.05) is 25.0 Å². The topological polar surface area (TPSA) is 63.0 Å². The standard InChI is InChI=1S/C22H23ClFN7/c1-13-17(24)8-25-21(26-13)30-11-22(12-30)6-15(7-22)20-28-27-19-10-29(2)9-14-5-16(23)3-4-18(14)31(19)20/h3-5,8,15H,6-7,9-12H2,1-2H3. The number of rotatable bonds is 2. The third kappa shape index (κ3) is 3.03. The fourth-order valence-corrected chi connectivity index (χ4v) is 5.56. The molecule has 2 aromatic heterocycles. The molecular weight excluding hydrogens is 417 g/mol. The van der Waals surface area contributed by atoms with Gasteiger partial charge in [0, 0.05) is 36.0 Å². The van der Waals surface area contributed by atoms with E-state index in [9.17, 15) is 4.39 Å². The molecular formula is C22H23ClFN7. The van der Waals surface area contributed by atoms with Crippen LogP contribution in [-0.2, 0) is 13.1 Å². The largest absolute Gasteiger partial charge is 0.340 e. The number of nitrogens with zero attached hydrogens (tertiary/aromatic N) is 7. The molecule has 4 heterocycles. The van der Waals surface area contributed by atoms with Crippen LogP contribution >= 0.6 is 11.6 Å². The maximum Gasteiger partial charge on any atom is 0.225 e. The highest BCUT2D eigenvalue weighted by Gasteiger charge is 2.54. The molecule has 7 nitrogen and oxygen atoms in total. The molecule has 1 aliphatic carbocycles. The lowest BCUT2D eigenvalue weighted by atomic mass is 9.57. The van der Waals surface area contributed by atoms with Crippen molar-refractivity contribution in [1.29, 1.82) is 0 Å². The van der Waals surface area contributed by atoms with Crippen LogP contribution in [0.3, 0.4) is 0 Å². The van der Waals surface area contributed by atoms with E-state index >= 15 is 0 Å². The van der Waals surface area contributed by atoms with Crippen LogP contribution in [0.2, 0.25) is 5.02 Å². The minimum atomic E-state index is -0.359. The molecule has 0 amide bonds. The number of hydrogen-bond donors (Lipinski definition) is 0. The third-order valence-electron chi connectivity index (χ3n) is 6.86. The van der Waals surface area contributed by atoms with Gasteiger partial charge in [0.15, 0.2) is 11.6 Å². The SMILES string of the molecule is Cc1nc(N2CC3(CC(c4nnc5n4-c4ccc(Cl)cc4CN(C)C5)C3)C2)ncc1F. The van der Waals surface area contributed by atoms with Crippen molar-refractivity contribution >= 4 is 17.5 Å². The summed E-state index contributed by atoms with van der Waals surface area (Å²) in [4.78, 5) is 12.8.